The van der Waals surface area contributed by atoms with E-state index in [0.29, 0.717) is 0 Å². The number of fused-ring (bicyclic) bond motifs is 2. The Kier molecular flexibility index (Phi) is 1.94. The number of para-hydroxylation sites is 2. The van der Waals surface area contributed by atoms with Crippen LogP contribution in [0.15, 0.2) is 58.3 Å². The van der Waals surface area contributed by atoms with E-state index < -0.39 is 0 Å². The van der Waals surface area contributed by atoms with Gasteiger partial charge in [0.25, 0.3) is 0 Å². The minimum atomic E-state index is 0.737. The van der Waals surface area contributed by atoms with E-state index in [1.165, 1.54) is 0 Å². The first-order valence-electron chi connectivity index (χ1n) is 4.69. The van der Waals surface area contributed by atoms with Crippen molar-refractivity contribution in [1.82, 2.24) is 0 Å². The van der Waals surface area contributed by atoms with Crippen LogP contribution in [0.1, 0.15) is 0 Å². The molecule has 0 atom stereocenters. The number of anilines is 2. The van der Waals surface area contributed by atoms with Crippen LogP contribution in [-0.2, 0) is 5.21 Å². The van der Waals surface area contributed by atoms with Crippen molar-refractivity contribution in [3.63, 3.8) is 0 Å². The molecule has 0 bridgehead atoms. The first-order valence-corrected chi connectivity index (χ1v) is 5.51. The molecule has 1 radical (unpaired) electrons. The van der Waals surface area contributed by atoms with Crippen LogP contribution >= 0.6 is 11.8 Å². The van der Waals surface area contributed by atoms with Crippen molar-refractivity contribution in [2.75, 3.05) is 5.06 Å². The molecule has 1 aliphatic heterocycles. The molecule has 0 saturated carbocycles. The van der Waals surface area contributed by atoms with Crippen LogP contribution in [0, 0.1) is 0 Å². The fourth-order valence-corrected chi connectivity index (χ4v) is 2.71. The summed E-state index contributed by atoms with van der Waals surface area (Å²) in [7, 11) is 0. The quantitative estimate of drug-likeness (QED) is 0.668. The molecule has 0 amide bonds. The average molecular weight is 214 g/mol. The van der Waals surface area contributed by atoms with Gasteiger partial charge in [0.2, 0.25) is 0 Å². The van der Waals surface area contributed by atoms with E-state index in [-0.39, 0.29) is 0 Å². The highest BCUT2D eigenvalue weighted by molar-refractivity contribution is 7.99. The van der Waals surface area contributed by atoms with Crippen LogP contribution in [0.3, 0.4) is 0 Å². The minimum absolute atomic E-state index is 0.737. The molecule has 1 heterocycles. The van der Waals surface area contributed by atoms with Crippen molar-refractivity contribution in [2.45, 2.75) is 9.79 Å². The van der Waals surface area contributed by atoms with E-state index in [1.54, 1.807) is 11.8 Å². The second kappa shape index (κ2) is 3.29. The number of rotatable bonds is 0. The maximum absolute atomic E-state index is 12.0. The SMILES string of the molecule is [O]N1c2ccccc2Sc2ccccc21. The number of benzene rings is 2. The van der Waals surface area contributed by atoms with Gasteiger partial charge >= 0.3 is 0 Å². The Labute approximate surface area is 92.1 Å². The summed E-state index contributed by atoms with van der Waals surface area (Å²) in [4.78, 5) is 2.04. The fourth-order valence-electron chi connectivity index (χ4n) is 1.67. The Balaban J connectivity index is 2.20. The molecular formula is C12H8NOS. The first-order chi connectivity index (χ1) is 7.36. The molecule has 0 unspecified atom stereocenters. The molecule has 73 valence electrons. The zero-order valence-electron chi connectivity index (χ0n) is 7.88. The maximum Gasteiger partial charge on any atom is 0.0866 e. The zero-order chi connectivity index (χ0) is 10.3. The Morgan fingerprint density at radius 1 is 0.800 bits per heavy atom. The van der Waals surface area contributed by atoms with Gasteiger partial charge in [0.15, 0.2) is 0 Å². The molecule has 0 fully saturated rings. The van der Waals surface area contributed by atoms with Gasteiger partial charge in [-0.3, -0.25) is 0 Å². The highest BCUT2D eigenvalue weighted by atomic mass is 32.2. The fraction of sp³-hybridized carbons (Fsp3) is 0. The van der Waals surface area contributed by atoms with Gasteiger partial charge in [0, 0.05) is 9.79 Å². The molecule has 2 aromatic rings. The highest BCUT2D eigenvalue weighted by Crippen LogP contribution is 2.46. The van der Waals surface area contributed by atoms with E-state index in [9.17, 15) is 5.21 Å². The Morgan fingerprint density at radius 3 is 1.80 bits per heavy atom. The minimum Gasteiger partial charge on any atom is -0.186 e. The predicted octanol–water partition coefficient (Wildman–Crippen LogP) is 3.63. The summed E-state index contributed by atoms with van der Waals surface area (Å²) in [6, 6.07) is 15.3. The van der Waals surface area contributed by atoms with Crippen LogP contribution in [-0.4, -0.2) is 0 Å². The van der Waals surface area contributed by atoms with Crippen molar-refractivity contribution < 1.29 is 5.21 Å². The van der Waals surface area contributed by atoms with E-state index in [2.05, 4.69) is 0 Å². The molecule has 2 aromatic carbocycles. The molecule has 1 aliphatic rings. The highest BCUT2D eigenvalue weighted by Gasteiger charge is 2.21. The van der Waals surface area contributed by atoms with Crippen molar-refractivity contribution in [1.29, 1.82) is 0 Å². The van der Waals surface area contributed by atoms with Crippen LogP contribution in [0.4, 0.5) is 11.4 Å². The van der Waals surface area contributed by atoms with Crippen molar-refractivity contribution in [2.24, 2.45) is 0 Å². The van der Waals surface area contributed by atoms with E-state index in [1.807, 2.05) is 48.5 Å². The lowest BCUT2D eigenvalue weighted by Gasteiger charge is -2.24. The van der Waals surface area contributed by atoms with Crippen LogP contribution in [0.5, 0.6) is 0 Å². The smallest absolute Gasteiger partial charge is 0.0866 e. The molecular weight excluding hydrogens is 206 g/mol. The second-order valence-corrected chi connectivity index (χ2v) is 4.42. The molecule has 0 spiro atoms. The van der Waals surface area contributed by atoms with Gasteiger partial charge in [-0.25, -0.2) is 0 Å². The average Bonchev–Trinajstić information content (AvgIpc) is 2.30. The van der Waals surface area contributed by atoms with E-state index in [4.69, 9.17) is 0 Å². The number of hydrogen-bond donors (Lipinski definition) is 0. The lowest BCUT2D eigenvalue weighted by Crippen LogP contribution is -2.13. The zero-order valence-corrected chi connectivity index (χ0v) is 8.70. The van der Waals surface area contributed by atoms with E-state index >= 15 is 0 Å². The summed E-state index contributed by atoms with van der Waals surface area (Å²) in [6.45, 7) is 0. The van der Waals surface area contributed by atoms with Gasteiger partial charge < -0.3 is 0 Å². The third kappa shape index (κ3) is 1.32. The maximum atomic E-state index is 12.0. The lowest BCUT2D eigenvalue weighted by molar-refractivity contribution is 0.192. The predicted molar refractivity (Wildman–Crippen MR) is 59.8 cm³/mol. The number of nitrogens with zero attached hydrogens (tertiary/aromatic N) is 1. The second-order valence-electron chi connectivity index (χ2n) is 3.33. The van der Waals surface area contributed by atoms with Gasteiger partial charge in [-0.1, -0.05) is 41.2 Å². The van der Waals surface area contributed by atoms with Crippen LogP contribution in [0.2, 0.25) is 0 Å². The molecule has 0 N–H and O–H groups in total. The Hall–Kier alpha value is -1.45. The molecule has 2 nitrogen and oxygen atoms in total. The van der Waals surface area contributed by atoms with Crippen LogP contribution < -0.4 is 5.06 Å². The van der Waals surface area contributed by atoms with E-state index in [0.717, 1.165) is 26.2 Å². The van der Waals surface area contributed by atoms with Gasteiger partial charge in [-0.15, -0.1) is 0 Å². The topological polar surface area (TPSA) is 23.1 Å². The summed E-state index contributed by atoms with van der Waals surface area (Å²) in [6.07, 6.45) is 0. The van der Waals surface area contributed by atoms with Crippen molar-refractivity contribution >= 4 is 23.1 Å². The monoisotopic (exact) mass is 214 g/mol. The summed E-state index contributed by atoms with van der Waals surface area (Å²) in [5, 5.41) is 13.0. The largest absolute Gasteiger partial charge is 0.186 e. The van der Waals surface area contributed by atoms with Gasteiger partial charge in [-0.05, 0) is 24.3 Å². The third-order valence-corrected chi connectivity index (χ3v) is 3.52. The molecule has 0 aromatic heterocycles. The lowest BCUT2D eigenvalue weighted by atomic mass is 10.2. The number of hydrogen-bond acceptors (Lipinski definition) is 2. The molecule has 3 rings (SSSR count). The van der Waals surface area contributed by atoms with Gasteiger partial charge in [0.1, 0.15) is 0 Å². The normalized spacial score (nSPS) is 13.3. The third-order valence-electron chi connectivity index (χ3n) is 2.39. The molecule has 0 aliphatic carbocycles. The molecule has 0 saturated heterocycles. The standard InChI is InChI=1S/C12H8NOS/c14-13-9-5-1-3-7-11(9)15-12-8-4-2-6-10(12)13/h1-8H. The van der Waals surface area contributed by atoms with Crippen molar-refractivity contribution in [3.8, 4) is 0 Å². The van der Waals surface area contributed by atoms with Crippen molar-refractivity contribution in [3.05, 3.63) is 48.5 Å². The summed E-state index contributed by atoms with van der Waals surface area (Å²) in [5.74, 6) is 0. The molecule has 15 heavy (non-hydrogen) atoms. The first kappa shape index (κ1) is 8.83. The Morgan fingerprint density at radius 2 is 1.27 bits per heavy atom. The summed E-state index contributed by atoms with van der Waals surface area (Å²) < 4.78 is 0. The Bertz CT molecular complexity index is 467. The summed E-state index contributed by atoms with van der Waals surface area (Å²) >= 11 is 1.64. The summed E-state index contributed by atoms with van der Waals surface area (Å²) in [5.41, 5.74) is 1.47. The van der Waals surface area contributed by atoms with Gasteiger partial charge in [-0.2, -0.15) is 5.06 Å². The van der Waals surface area contributed by atoms with Gasteiger partial charge in [0.05, 0.1) is 11.4 Å². The molecule has 3 heteroatoms. The van der Waals surface area contributed by atoms with Crippen LogP contribution in [0.25, 0.3) is 0 Å².